The van der Waals surface area contributed by atoms with Gasteiger partial charge in [0, 0.05) is 5.56 Å². The minimum Gasteiger partial charge on any atom is -0.324 e. The Balaban J connectivity index is 2.45. The summed E-state index contributed by atoms with van der Waals surface area (Å²) in [5.41, 5.74) is 0.898. The highest BCUT2D eigenvalue weighted by Crippen LogP contribution is 2.22. The number of hydrogen-bond donors (Lipinski definition) is 1. The van der Waals surface area contributed by atoms with Crippen molar-refractivity contribution in [3.05, 3.63) is 27.4 Å². The predicted molar refractivity (Wildman–Crippen MR) is 67.8 cm³/mol. The predicted octanol–water partition coefficient (Wildman–Crippen LogP) is 0.939. The molecule has 1 N–H and O–H groups in total. The SMILES string of the molecule is CC(=O)CC(=O)Nc1c(Cl)cc2c(c1C)=NC(=O)N=2. The minimum atomic E-state index is -0.596. The molecular weight excluding hydrogens is 270 g/mol. The van der Waals surface area contributed by atoms with Crippen LogP contribution in [0.4, 0.5) is 10.5 Å². The van der Waals surface area contributed by atoms with Gasteiger partial charge in [0.15, 0.2) is 0 Å². The molecule has 0 saturated heterocycles. The van der Waals surface area contributed by atoms with E-state index in [-0.39, 0.29) is 17.2 Å². The number of nitrogens with zero attached hydrogens (tertiary/aromatic N) is 2. The molecule has 0 unspecified atom stereocenters. The molecule has 1 aliphatic rings. The number of amides is 3. The van der Waals surface area contributed by atoms with Crippen molar-refractivity contribution in [1.82, 2.24) is 0 Å². The van der Waals surface area contributed by atoms with Crippen LogP contribution in [0.25, 0.3) is 0 Å². The quantitative estimate of drug-likeness (QED) is 0.835. The van der Waals surface area contributed by atoms with Crippen molar-refractivity contribution in [2.24, 2.45) is 9.98 Å². The first kappa shape index (κ1) is 13.4. The van der Waals surface area contributed by atoms with E-state index in [1.54, 1.807) is 6.92 Å². The normalized spacial score (nSPS) is 12.5. The molecule has 0 aromatic heterocycles. The molecule has 0 fully saturated rings. The molecule has 0 saturated carbocycles. The first-order valence-corrected chi connectivity index (χ1v) is 5.86. The summed E-state index contributed by atoms with van der Waals surface area (Å²) in [6.07, 6.45) is -0.229. The molecule has 0 atom stereocenters. The van der Waals surface area contributed by atoms with Crippen LogP contribution in [0.2, 0.25) is 5.02 Å². The van der Waals surface area contributed by atoms with Gasteiger partial charge in [0.1, 0.15) is 5.78 Å². The van der Waals surface area contributed by atoms with Crippen molar-refractivity contribution in [2.75, 3.05) is 5.32 Å². The second-order valence-corrected chi connectivity index (χ2v) is 4.57. The smallest absolute Gasteiger partial charge is 0.324 e. The van der Waals surface area contributed by atoms with Crippen LogP contribution in [-0.2, 0) is 9.59 Å². The van der Waals surface area contributed by atoms with Gasteiger partial charge >= 0.3 is 6.03 Å². The van der Waals surface area contributed by atoms with Gasteiger partial charge in [-0.3, -0.25) is 9.59 Å². The van der Waals surface area contributed by atoms with E-state index in [1.165, 1.54) is 13.0 Å². The zero-order valence-electron chi connectivity index (χ0n) is 10.3. The summed E-state index contributed by atoms with van der Waals surface area (Å²) in [5, 5.41) is 3.58. The van der Waals surface area contributed by atoms with Gasteiger partial charge in [-0.2, -0.15) is 9.98 Å². The van der Waals surface area contributed by atoms with Gasteiger partial charge in [-0.15, -0.1) is 0 Å². The van der Waals surface area contributed by atoms with Crippen LogP contribution in [0, 0.1) is 6.92 Å². The molecule has 0 radical (unpaired) electrons. The highest BCUT2D eigenvalue weighted by molar-refractivity contribution is 6.34. The Bertz CT molecular complexity index is 725. The van der Waals surface area contributed by atoms with Gasteiger partial charge in [-0.1, -0.05) is 11.6 Å². The average Bonchev–Trinajstić information content (AvgIpc) is 2.64. The number of fused-ring (bicyclic) bond motifs is 1. The maximum atomic E-state index is 11.6. The van der Waals surface area contributed by atoms with Crippen LogP contribution in [0.1, 0.15) is 18.9 Å². The Morgan fingerprint density at radius 3 is 2.68 bits per heavy atom. The number of ketones is 1. The molecule has 6 nitrogen and oxygen atoms in total. The van der Waals surface area contributed by atoms with Gasteiger partial charge in [-0.25, -0.2) is 4.79 Å². The lowest BCUT2D eigenvalue weighted by atomic mass is 10.1. The van der Waals surface area contributed by atoms with Crippen LogP contribution >= 0.6 is 11.6 Å². The summed E-state index contributed by atoms with van der Waals surface area (Å²) in [5.74, 6) is -0.707. The van der Waals surface area contributed by atoms with Gasteiger partial charge in [-0.05, 0) is 19.9 Å². The highest BCUT2D eigenvalue weighted by Gasteiger charge is 2.16. The molecule has 3 amide bonds. The van der Waals surface area contributed by atoms with Gasteiger partial charge in [0.05, 0.1) is 27.8 Å². The van der Waals surface area contributed by atoms with Gasteiger partial charge in [0.2, 0.25) is 5.91 Å². The Labute approximate surface area is 113 Å². The molecular formula is C12H10ClN3O3. The van der Waals surface area contributed by atoms with Crippen LogP contribution in [0.15, 0.2) is 16.1 Å². The number of carbonyl (C=O) groups is 3. The van der Waals surface area contributed by atoms with Crippen LogP contribution < -0.4 is 16.0 Å². The van der Waals surface area contributed by atoms with Crippen LogP contribution in [-0.4, -0.2) is 17.7 Å². The lowest BCUT2D eigenvalue weighted by molar-refractivity contribution is -0.124. The molecule has 0 aliphatic carbocycles. The molecule has 1 heterocycles. The number of halogens is 1. The highest BCUT2D eigenvalue weighted by atomic mass is 35.5. The van der Waals surface area contributed by atoms with Crippen molar-refractivity contribution in [3.8, 4) is 0 Å². The Hall–Kier alpha value is -2.08. The number of benzene rings is 1. The molecule has 1 aliphatic heterocycles. The maximum Gasteiger partial charge on any atom is 0.368 e. The van der Waals surface area contributed by atoms with E-state index in [1.807, 2.05) is 0 Å². The molecule has 98 valence electrons. The number of urea groups is 1. The minimum absolute atomic E-state index is 0.229. The first-order chi connectivity index (χ1) is 8.88. The summed E-state index contributed by atoms with van der Waals surface area (Å²) in [6.45, 7) is 3.00. The maximum absolute atomic E-state index is 11.6. The number of anilines is 1. The van der Waals surface area contributed by atoms with Gasteiger partial charge in [0.25, 0.3) is 0 Å². The Morgan fingerprint density at radius 2 is 2.05 bits per heavy atom. The summed E-state index contributed by atoms with van der Waals surface area (Å²) >= 11 is 6.03. The monoisotopic (exact) mass is 279 g/mol. The van der Waals surface area contributed by atoms with Crippen molar-refractivity contribution in [1.29, 1.82) is 0 Å². The second kappa shape index (κ2) is 4.89. The molecule has 0 spiro atoms. The zero-order valence-corrected chi connectivity index (χ0v) is 11.0. The van der Waals surface area contributed by atoms with Crippen molar-refractivity contribution in [2.45, 2.75) is 20.3 Å². The largest absolute Gasteiger partial charge is 0.368 e. The van der Waals surface area contributed by atoms with E-state index in [9.17, 15) is 14.4 Å². The number of nitrogens with one attached hydrogen (secondary N) is 1. The number of rotatable bonds is 3. The van der Waals surface area contributed by atoms with Crippen molar-refractivity contribution >= 4 is 35.0 Å². The first-order valence-electron chi connectivity index (χ1n) is 5.48. The zero-order chi connectivity index (χ0) is 14.2. The lowest BCUT2D eigenvalue weighted by Gasteiger charge is -2.09. The average molecular weight is 280 g/mol. The topological polar surface area (TPSA) is 88.0 Å². The number of hydrogen-bond acceptors (Lipinski definition) is 3. The standard InChI is InChI=1S/C12H10ClN3O3/c1-5(17)3-9(18)15-10-6(2)11-8(4-7(10)13)14-12(19)16-11/h4H,3H2,1-2H3,(H,15,18). The van der Waals surface area contributed by atoms with E-state index in [0.29, 0.717) is 22.0 Å². The summed E-state index contributed by atoms with van der Waals surface area (Å²) in [4.78, 5) is 41.0. The summed E-state index contributed by atoms with van der Waals surface area (Å²) in [6, 6.07) is 0.864. The van der Waals surface area contributed by atoms with Crippen LogP contribution in [0.5, 0.6) is 0 Å². The van der Waals surface area contributed by atoms with Crippen LogP contribution in [0.3, 0.4) is 0 Å². The third kappa shape index (κ3) is 2.68. The van der Waals surface area contributed by atoms with E-state index in [4.69, 9.17) is 11.6 Å². The molecule has 2 rings (SSSR count). The fraction of sp³-hybridized carbons (Fsp3) is 0.250. The van der Waals surface area contributed by atoms with E-state index >= 15 is 0 Å². The molecule has 1 aromatic rings. The fourth-order valence-electron chi connectivity index (χ4n) is 1.76. The third-order valence-electron chi connectivity index (χ3n) is 2.57. The van der Waals surface area contributed by atoms with E-state index < -0.39 is 11.9 Å². The molecule has 7 heteroatoms. The number of carbonyl (C=O) groups excluding carboxylic acids is 3. The van der Waals surface area contributed by atoms with E-state index in [2.05, 4.69) is 15.3 Å². The lowest BCUT2D eigenvalue weighted by Crippen LogP contribution is -2.27. The molecule has 0 bridgehead atoms. The fourth-order valence-corrected chi connectivity index (χ4v) is 2.06. The molecule has 1 aromatic carbocycles. The second-order valence-electron chi connectivity index (χ2n) is 4.16. The summed E-state index contributed by atoms with van der Waals surface area (Å²) in [7, 11) is 0. The molecule has 19 heavy (non-hydrogen) atoms. The van der Waals surface area contributed by atoms with Gasteiger partial charge < -0.3 is 5.32 Å². The van der Waals surface area contributed by atoms with Crippen molar-refractivity contribution in [3.63, 3.8) is 0 Å². The Kier molecular flexibility index (Phi) is 3.44. The third-order valence-corrected chi connectivity index (χ3v) is 2.87. The Morgan fingerprint density at radius 1 is 1.37 bits per heavy atom. The van der Waals surface area contributed by atoms with E-state index in [0.717, 1.165) is 0 Å². The summed E-state index contributed by atoms with van der Waals surface area (Å²) < 4.78 is 0. The number of Topliss-reactive ketones (excluding diaryl/α,β-unsaturated/α-hetero) is 1. The van der Waals surface area contributed by atoms with Crippen molar-refractivity contribution < 1.29 is 14.4 Å².